The monoisotopic (exact) mass is 403 g/mol. The summed E-state index contributed by atoms with van der Waals surface area (Å²) < 4.78 is 6.80. The van der Waals surface area contributed by atoms with E-state index in [2.05, 4.69) is 24.0 Å². The van der Waals surface area contributed by atoms with E-state index in [1.165, 1.54) is 28.1 Å². The summed E-state index contributed by atoms with van der Waals surface area (Å²) in [5.41, 5.74) is 3.71. The highest BCUT2D eigenvalue weighted by Crippen LogP contribution is 2.23. The SMILES string of the molecule is CC1Cc2ccc(C(=O)Cn3ncc(OCc4ccccc4)cc3=O)cc2CN1C. The Kier molecular flexibility index (Phi) is 5.77. The molecule has 154 valence electrons. The van der Waals surface area contributed by atoms with Gasteiger partial charge >= 0.3 is 0 Å². The number of rotatable bonds is 6. The van der Waals surface area contributed by atoms with Crippen LogP contribution in [-0.2, 0) is 26.1 Å². The second-order valence-electron chi connectivity index (χ2n) is 7.84. The van der Waals surface area contributed by atoms with Crippen LogP contribution >= 0.6 is 0 Å². The molecular formula is C24H25N3O3. The topological polar surface area (TPSA) is 64.4 Å². The zero-order chi connectivity index (χ0) is 21.1. The van der Waals surface area contributed by atoms with Crippen LogP contribution in [0.1, 0.15) is 34.0 Å². The number of ketones is 1. The third kappa shape index (κ3) is 4.49. The number of ether oxygens (including phenoxy) is 1. The molecule has 30 heavy (non-hydrogen) atoms. The standard InChI is InChI=1S/C24H25N3O3/c1-17-10-19-8-9-20(11-21(19)14-26(17)2)23(28)15-27-24(29)12-22(13-25-27)30-16-18-6-4-3-5-7-18/h3-9,11-13,17H,10,14-16H2,1-2H3. The minimum atomic E-state index is -0.361. The number of likely N-dealkylation sites (N-methyl/N-ethyl adjacent to an activating group) is 1. The van der Waals surface area contributed by atoms with Crippen molar-refractivity contribution < 1.29 is 9.53 Å². The quantitative estimate of drug-likeness (QED) is 0.592. The first-order valence-electron chi connectivity index (χ1n) is 10.1. The fourth-order valence-corrected chi connectivity index (χ4v) is 3.63. The van der Waals surface area contributed by atoms with E-state index in [4.69, 9.17) is 4.74 Å². The van der Waals surface area contributed by atoms with Crippen molar-refractivity contribution in [2.75, 3.05) is 7.05 Å². The van der Waals surface area contributed by atoms with Gasteiger partial charge in [0.05, 0.1) is 6.20 Å². The molecule has 0 saturated heterocycles. The Hall–Kier alpha value is -3.25. The molecule has 6 nitrogen and oxygen atoms in total. The van der Waals surface area contributed by atoms with Gasteiger partial charge in [-0.3, -0.25) is 14.5 Å². The highest BCUT2D eigenvalue weighted by Gasteiger charge is 2.21. The van der Waals surface area contributed by atoms with Crippen LogP contribution in [0.4, 0.5) is 0 Å². The van der Waals surface area contributed by atoms with E-state index in [1.54, 1.807) is 0 Å². The number of carbonyl (C=O) groups excluding carboxylic acids is 1. The maximum absolute atomic E-state index is 12.7. The summed E-state index contributed by atoms with van der Waals surface area (Å²) >= 11 is 0. The summed E-state index contributed by atoms with van der Waals surface area (Å²) in [6, 6.07) is 17.4. The van der Waals surface area contributed by atoms with Crippen molar-refractivity contribution in [1.82, 2.24) is 14.7 Å². The lowest BCUT2D eigenvalue weighted by molar-refractivity contribution is 0.0965. The lowest BCUT2D eigenvalue weighted by Crippen LogP contribution is -2.35. The number of nitrogens with zero attached hydrogens (tertiary/aromatic N) is 3. The molecule has 1 atom stereocenters. The van der Waals surface area contributed by atoms with Gasteiger partial charge in [-0.15, -0.1) is 0 Å². The molecule has 1 aromatic heterocycles. The highest BCUT2D eigenvalue weighted by molar-refractivity contribution is 5.96. The van der Waals surface area contributed by atoms with Gasteiger partial charge < -0.3 is 4.74 Å². The smallest absolute Gasteiger partial charge is 0.270 e. The number of carbonyl (C=O) groups is 1. The molecule has 0 aliphatic carbocycles. The normalized spacial score (nSPS) is 16.1. The highest BCUT2D eigenvalue weighted by atomic mass is 16.5. The molecule has 1 unspecified atom stereocenters. The predicted molar refractivity (Wildman–Crippen MR) is 115 cm³/mol. The predicted octanol–water partition coefficient (Wildman–Crippen LogP) is 3.08. The molecule has 0 amide bonds. The average molecular weight is 403 g/mol. The van der Waals surface area contributed by atoms with Crippen molar-refractivity contribution in [2.45, 2.75) is 39.1 Å². The largest absolute Gasteiger partial charge is 0.487 e. The fraction of sp³-hybridized carbons (Fsp3) is 0.292. The summed E-state index contributed by atoms with van der Waals surface area (Å²) in [6.07, 6.45) is 2.45. The molecule has 4 rings (SSSR count). The van der Waals surface area contributed by atoms with E-state index in [0.717, 1.165) is 18.5 Å². The second kappa shape index (κ2) is 8.63. The molecule has 2 aromatic carbocycles. The van der Waals surface area contributed by atoms with Gasteiger partial charge in [-0.2, -0.15) is 5.10 Å². The molecule has 3 aromatic rings. The Morgan fingerprint density at radius 2 is 1.93 bits per heavy atom. The number of hydrogen-bond acceptors (Lipinski definition) is 5. The molecule has 0 bridgehead atoms. The van der Waals surface area contributed by atoms with Crippen molar-refractivity contribution in [3.8, 4) is 5.75 Å². The van der Waals surface area contributed by atoms with E-state index < -0.39 is 0 Å². The van der Waals surface area contributed by atoms with E-state index in [0.29, 0.717) is 24.0 Å². The minimum absolute atomic E-state index is 0.0944. The first-order valence-corrected chi connectivity index (χ1v) is 10.1. The van der Waals surface area contributed by atoms with E-state index in [1.807, 2.05) is 48.5 Å². The van der Waals surface area contributed by atoms with Gasteiger partial charge in [0.25, 0.3) is 5.56 Å². The van der Waals surface area contributed by atoms with Gasteiger partial charge in [0, 0.05) is 24.2 Å². The summed E-state index contributed by atoms with van der Waals surface area (Å²) in [5, 5.41) is 4.12. The third-order valence-electron chi connectivity index (χ3n) is 5.60. The van der Waals surface area contributed by atoms with Crippen molar-refractivity contribution in [1.29, 1.82) is 0 Å². The van der Waals surface area contributed by atoms with Gasteiger partial charge in [0.15, 0.2) is 5.78 Å². The number of fused-ring (bicyclic) bond motifs is 1. The molecule has 0 spiro atoms. The molecular weight excluding hydrogens is 378 g/mol. The Morgan fingerprint density at radius 1 is 1.13 bits per heavy atom. The number of aromatic nitrogens is 2. The molecule has 0 N–H and O–H groups in total. The van der Waals surface area contributed by atoms with Crippen LogP contribution in [-0.4, -0.2) is 33.6 Å². The molecule has 2 heterocycles. The molecule has 1 aliphatic rings. The van der Waals surface area contributed by atoms with Crippen LogP contribution in [0.25, 0.3) is 0 Å². The molecule has 1 aliphatic heterocycles. The van der Waals surface area contributed by atoms with Crippen LogP contribution in [0.3, 0.4) is 0 Å². The summed E-state index contributed by atoms with van der Waals surface area (Å²) in [5.74, 6) is 0.255. The number of Topliss-reactive ketones (excluding diaryl/α,β-unsaturated/α-hetero) is 1. The van der Waals surface area contributed by atoms with Crippen LogP contribution < -0.4 is 10.3 Å². The zero-order valence-corrected chi connectivity index (χ0v) is 17.2. The number of benzene rings is 2. The van der Waals surface area contributed by atoms with Gasteiger partial charge in [-0.25, -0.2) is 4.68 Å². The van der Waals surface area contributed by atoms with Crippen molar-refractivity contribution >= 4 is 5.78 Å². The van der Waals surface area contributed by atoms with Gasteiger partial charge in [0.2, 0.25) is 0 Å². The van der Waals surface area contributed by atoms with Gasteiger partial charge in [-0.1, -0.05) is 42.5 Å². The van der Waals surface area contributed by atoms with Crippen molar-refractivity contribution in [2.24, 2.45) is 0 Å². The average Bonchev–Trinajstić information content (AvgIpc) is 2.75. The minimum Gasteiger partial charge on any atom is -0.487 e. The van der Waals surface area contributed by atoms with E-state index in [-0.39, 0.29) is 17.9 Å². The summed E-state index contributed by atoms with van der Waals surface area (Å²) in [6.45, 7) is 3.28. The fourth-order valence-electron chi connectivity index (χ4n) is 3.63. The van der Waals surface area contributed by atoms with Gasteiger partial charge in [-0.05, 0) is 43.1 Å². The Labute approximate surface area is 175 Å². The molecule has 6 heteroatoms. The first kappa shape index (κ1) is 20.0. The Balaban J connectivity index is 1.43. The Morgan fingerprint density at radius 3 is 2.70 bits per heavy atom. The van der Waals surface area contributed by atoms with Gasteiger partial charge in [0.1, 0.15) is 18.9 Å². The maximum atomic E-state index is 12.7. The van der Waals surface area contributed by atoms with E-state index in [9.17, 15) is 9.59 Å². The third-order valence-corrected chi connectivity index (χ3v) is 5.60. The lowest BCUT2D eigenvalue weighted by atomic mass is 9.93. The van der Waals surface area contributed by atoms with Crippen LogP contribution in [0.5, 0.6) is 5.75 Å². The van der Waals surface area contributed by atoms with Crippen molar-refractivity contribution in [3.63, 3.8) is 0 Å². The number of hydrogen-bond donors (Lipinski definition) is 0. The van der Waals surface area contributed by atoms with E-state index >= 15 is 0 Å². The van der Waals surface area contributed by atoms with Crippen LogP contribution in [0.2, 0.25) is 0 Å². The summed E-state index contributed by atoms with van der Waals surface area (Å²) in [7, 11) is 2.09. The van der Waals surface area contributed by atoms with Crippen LogP contribution in [0, 0.1) is 0 Å². The maximum Gasteiger partial charge on any atom is 0.270 e. The molecule has 0 radical (unpaired) electrons. The summed E-state index contributed by atoms with van der Waals surface area (Å²) in [4.78, 5) is 27.4. The zero-order valence-electron chi connectivity index (χ0n) is 17.2. The molecule has 0 fully saturated rings. The lowest BCUT2D eigenvalue weighted by Gasteiger charge is -2.31. The van der Waals surface area contributed by atoms with Crippen LogP contribution in [0.15, 0.2) is 65.6 Å². The van der Waals surface area contributed by atoms with Crippen molar-refractivity contribution in [3.05, 3.63) is 93.4 Å². The first-order chi connectivity index (χ1) is 14.5. The Bertz CT molecular complexity index is 1110. The molecule has 0 saturated carbocycles. The second-order valence-corrected chi connectivity index (χ2v) is 7.84.